The van der Waals surface area contributed by atoms with Crippen LogP contribution in [-0.4, -0.2) is 22.7 Å². The van der Waals surface area contributed by atoms with Crippen LogP contribution in [0, 0.1) is 6.92 Å². The highest BCUT2D eigenvalue weighted by Crippen LogP contribution is 2.40. The standard InChI is InChI=1S/C27H23Cl2NO4S/c1-3-33-23-13-20(12-22(29)25(23)34-16-19-8-10-21(28)11-9-19)14-24-26(31)30(27(32)35-24)15-18-6-4-17(2)5-7-18/h4-14H,3,15-16H2,1-2H3/b24-14-. The third kappa shape index (κ3) is 6.20. The first-order valence-corrected chi connectivity index (χ1v) is 12.6. The average Bonchev–Trinajstić information content (AvgIpc) is 3.08. The molecule has 4 rings (SSSR count). The number of ether oxygens (including phenoxy) is 2. The number of halogens is 2. The fourth-order valence-corrected chi connectivity index (χ4v) is 4.71. The average molecular weight is 528 g/mol. The van der Waals surface area contributed by atoms with E-state index in [1.54, 1.807) is 30.3 Å². The van der Waals surface area contributed by atoms with Gasteiger partial charge in [-0.05, 0) is 72.6 Å². The van der Waals surface area contributed by atoms with Crippen LogP contribution in [0.1, 0.15) is 29.2 Å². The first-order valence-electron chi connectivity index (χ1n) is 11.0. The lowest BCUT2D eigenvalue weighted by atomic mass is 10.1. The van der Waals surface area contributed by atoms with E-state index in [0.29, 0.717) is 38.6 Å². The van der Waals surface area contributed by atoms with Gasteiger partial charge in [0.05, 0.1) is 23.1 Å². The Morgan fingerprint density at radius 3 is 2.31 bits per heavy atom. The SMILES string of the molecule is CCOc1cc(/C=C2\SC(=O)N(Cc3ccc(C)cc3)C2=O)cc(Cl)c1OCc1ccc(Cl)cc1. The third-order valence-corrected chi connectivity index (χ3v) is 6.70. The predicted molar refractivity (Wildman–Crippen MR) is 141 cm³/mol. The van der Waals surface area contributed by atoms with E-state index in [-0.39, 0.29) is 24.3 Å². The van der Waals surface area contributed by atoms with Crippen LogP contribution in [0.3, 0.4) is 0 Å². The second kappa shape index (κ2) is 11.2. The Bertz CT molecular complexity index is 1270. The molecule has 1 aliphatic heterocycles. The summed E-state index contributed by atoms with van der Waals surface area (Å²) in [5.74, 6) is 0.532. The lowest BCUT2D eigenvalue weighted by Crippen LogP contribution is -2.27. The fraction of sp³-hybridized carbons (Fsp3) is 0.185. The quantitative estimate of drug-likeness (QED) is 0.283. The van der Waals surface area contributed by atoms with Crippen molar-refractivity contribution in [3.63, 3.8) is 0 Å². The summed E-state index contributed by atoms with van der Waals surface area (Å²) in [7, 11) is 0. The van der Waals surface area contributed by atoms with Gasteiger partial charge in [-0.25, -0.2) is 0 Å². The van der Waals surface area contributed by atoms with Crippen molar-refractivity contribution < 1.29 is 19.1 Å². The van der Waals surface area contributed by atoms with E-state index in [1.807, 2.05) is 50.2 Å². The molecule has 0 saturated carbocycles. The summed E-state index contributed by atoms with van der Waals surface area (Å²) in [4.78, 5) is 27.1. The summed E-state index contributed by atoms with van der Waals surface area (Å²) in [5.41, 5.74) is 3.57. The van der Waals surface area contributed by atoms with Crippen molar-refractivity contribution in [2.24, 2.45) is 0 Å². The molecule has 0 unspecified atom stereocenters. The first-order chi connectivity index (χ1) is 16.8. The number of amides is 2. The molecule has 5 nitrogen and oxygen atoms in total. The second-order valence-corrected chi connectivity index (χ2v) is 9.77. The second-order valence-electron chi connectivity index (χ2n) is 7.93. The number of benzene rings is 3. The van der Waals surface area contributed by atoms with Crippen LogP contribution in [-0.2, 0) is 17.9 Å². The van der Waals surface area contributed by atoms with E-state index >= 15 is 0 Å². The number of carbonyl (C=O) groups excluding carboxylic acids is 2. The van der Waals surface area contributed by atoms with Crippen LogP contribution in [0.25, 0.3) is 6.08 Å². The lowest BCUT2D eigenvalue weighted by molar-refractivity contribution is -0.123. The fourth-order valence-electron chi connectivity index (χ4n) is 3.47. The molecule has 1 saturated heterocycles. The zero-order valence-electron chi connectivity index (χ0n) is 19.2. The van der Waals surface area contributed by atoms with E-state index in [4.69, 9.17) is 32.7 Å². The summed E-state index contributed by atoms with van der Waals surface area (Å²) >= 11 is 13.4. The Morgan fingerprint density at radius 1 is 0.943 bits per heavy atom. The topological polar surface area (TPSA) is 55.8 Å². The molecule has 1 heterocycles. The molecule has 0 radical (unpaired) electrons. The van der Waals surface area contributed by atoms with Crippen LogP contribution in [0.15, 0.2) is 65.6 Å². The Morgan fingerprint density at radius 2 is 1.63 bits per heavy atom. The van der Waals surface area contributed by atoms with Crippen molar-refractivity contribution in [3.05, 3.63) is 97.9 Å². The van der Waals surface area contributed by atoms with Gasteiger partial charge in [-0.2, -0.15) is 0 Å². The van der Waals surface area contributed by atoms with Crippen LogP contribution in [0.4, 0.5) is 4.79 Å². The lowest BCUT2D eigenvalue weighted by Gasteiger charge is -2.15. The maximum absolute atomic E-state index is 13.0. The first kappa shape index (κ1) is 25.2. The van der Waals surface area contributed by atoms with Crippen molar-refractivity contribution in [2.75, 3.05) is 6.61 Å². The molecule has 1 aliphatic rings. The van der Waals surface area contributed by atoms with E-state index in [1.165, 1.54) is 4.90 Å². The van der Waals surface area contributed by atoms with Crippen LogP contribution in [0.2, 0.25) is 10.0 Å². The zero-order chi connectivity index (χ0) is 24.9. The number of thioether (sulfide) groups is 1. The molecule has 2 amide bonds. The maximum atomic E-state index is 13.0. The van der Waals surface area contributed by atoms with E-state index in [2.05, 4.69) is 0 Å². The monoisotopic (exact) mass is 527 g/mol. The Balaban J connectivity index is 1.54. The molecule has 3 aromatic rings. The zero-order valence-corrected chi connectivity index (χ0v) is 21.5. The summed E-state index contributed by atoms with van der Waals surface area (Å²) < 4.78 is 11.7. The van der Waals surface area contributed by atoms with Crippen molar-refractivity contribution in [2.45, 2.75) is 27.0 Å². The number of carbonyl (C=O) groups is 2. The molecule has 0 atom stereocenters. The summed E-state index contributed by atoms with van der Waals surface area (Å²) in [5, 5.41) is 0.685. The summed E-state index contributed by atoms with van der Waals surface area (Å²) in [6.07, 6.45) is 1.65. The summed E-state index contributed by atoms with van der Waals surface area (Å²) in [6, 6.07) is 18.5. The van der Waals surface area contributed by atoms with Gasteiger partial charge in [0.2, 0.25) is 0 Å². The van der Waals surface area contributed by atoms with Crippen LogP contribution < -0.4 is 9.47 Å². The van der Waals surface area contributed by atoms with E-state index in [9.17, 15) is 9.59 Å². The third-order valence-electron chi connectivity index (χ3n) is 5.26. The minimum atomic E-state index is -0.335. The molecule has 35 heavy (non-hydrogen) atoms. The predicted octanol–water partition coefficient (Wildman–Crippen LogP) is 7.52. The maximum Gasteiger partial charge on any atom is 0.293 e. The van der Waals surface area contributed by atoms with Crippen molar-refractivity contribution in [1.82, 2.24) is 4.90 Å². The minimum Gasteiger partial charge on any atom is -0.490 e. The van der Waals surface area contributed by atoms with Crippen LogP contribution in [0.5, 0.6) is 11.5 Å². The van der Waals surface area contributed by atoms with Gasteiger partial charge in [0, 0.05) is 5.02 Å². The van der Waals surface area contributed by atoms with Crippen molar-refractivity contribution in [1.29, 1.82) is 0 Å². The number of hydrogen-bond acceptors (Lipinski definition) is 5. The van der Waals surface area contributed by atoms with E-state index < -0.39 is 0 Å². The van der Waals surface area contributed by atoms with Gasteiger partial charge in [0.25, 0.3) is 11.1 Å². The van der Waals surface area contributed by atoms with Gasteiger partial charge in [-0.15, -0.1) is 0 Å². The molecule has 0 aromatic heterocycles. The Hall–Kier alpha value is -2.93. The van der Waals surface area contributed by atoms with Gasteiger partial charge in [-0.3, -0.25) is 14.5 Å². The number of imide groups is 1. The van der Waals surface area contributed by atoms with Gasteiger partial charge >= 0.3 is 0 Å². The molecule has 0 bridgehead atoms. The summed E-state index contributed by atoms with van der Waals surface area (Å²) in [6.45, 7) is 4.77. The molecule has 0 aliphatic carbocycles. The number of hydrogen-bond donors (Lipinski definition) is 0. The highest BCUT2D eigenvalue weighted by Gasteiger charge is 2.35. The van der Waals surface area contributed by atoms with Gasteiger partial charge in [-0.1, -0.05) is 65.2 Å². The van der Waals surface area contributed by atoms with E-state index in [0.717, 1.165) is 28.5 Å². The molecule has 8 heteroatoms. The molecular formula is C27H23Cl2NO4S. The van der Waals surface area contributed by atoms with Crippen molar-refractivity contribution in [3.8, 4) is 11.5 Å². The van der Waals surface area contributed by atoms with Gasteiger partial charge in [0.1, 0.15) is 6.61 Å². The van der Waals surface area contributed by atoms with Crippen molar-refractivity contribution >= 4 is 52.2 Å². The van der Waals surface area contributed by atoms with Gasteiger partial charge < -0.3 is 9.47 Å². The van der Waals surface area contributed by atoms with Crippen LogP contribution >= 0.6 is 35.0 Å². The molecule has 1 fully saturated rings. The highest BCUT2D eigenvalue weighted by molar-refractivity contribution is 8.18. The smallest absolute Gasteiger partial charge is 0.293 e. The highest BCUT2D eigenvalue weighted by atomic mass is 35.5. The minimum absolute atomic E-state index is 0.227. The Labute approximate surface area is 218 Å². The molecule has 0 N–H and O–H groups in total. The normalized spacial score (nSPS) is 14.6. The number of aryl methyl sites for hydroxylation is 1. The van der Waals surface area contributed by atoms with Gasteiger partial charge in [0.15, 0.2) is 11.5 Å². The number of nitrogens with zero attached hydrogens (tertiary/aromatic N) is 1. The molecular weight excluding hydrogens is 505 g/mol. The molecule has 180 valence electrons. The number of rotatable bonds is 8. The Kier molecular flexibility index (Phi) is 8.06. The largest absolute Gasteiger partial charge is 0.490 e. The molecule has 3 aromatic carbocycles. The molecule has 0 spiro atoms.